The van der Waals surface area contributed by atoms with E-state index in [0.717, 1.165) is 43.1 Å². The summed E-state index contributed by atoms with van der Waals surface area (Å²) in [6, 6.07) is 1.79. The van der Waals surface area contributed by atoms with E-state index < -0.39 is 137 Å². The summed E-state index contributed by atoms with van der Waals surface area (Å²) in [5.74, 6) is -10.4. The minimum atomic E-state index is -1.66. The Morgan fingerprint density at radius 2 is 1.01 bits per heavy atom. The Bertz CT molecular complexity index is 2930. The molecule has 2 fully saturated rings. The lowest BCUT2D eigenvalue weighted by molar-refractivity contribution is -0.160. The van der Waals surface area contributed by atoms with E-state index in [1.165, 1.54) is 54.4 Å². The summed E-state index contributed by atoms with van der Waals surface area (Å²) < 4.78 is 10.5. The summed E-state index contributed by atoms with van der Waals surface area (Å²) in [5.41, 5.74) is 1.38. The minimum Gasteiger partial charge on any atom is -0.461 e. The molecule has 0 radical (unpaired) electrons. The van der Waals surface area contributed by atoms with E-state index in [2.05, 4.69) is 41.2 Å². The van der Waals surface area contributed by atoms with Crippen LogP contribution in [-0.2, 0) is 47.8 Å². The van der Waals surface area contributed by atoms with Gasteiger partial charge in [0.15, 0.2) is 0 Å². The number of thioether (sulfide) groups is 2. The first-order valence-corrected chi connectivity index (χ1v) is 27.0. The van der Waals surface area contributed by atoms with Crippen molar-refractivity contribution in [1.82, 2.24) is 60.8 Å². The number of hydrogen-bond donors (Lipinski definition) is 4. The highest BCUT2D eigenvalue weighted by atomic mass is 32.2. The van der Waals surface area contributed by atoms with Crippen LogP contribution in [0.5, 0.6) is 0 Å². The third-order valence-corrected chi connectivity index (χ3v) is 16.0. The van der Waals surface area contributed by atoms with E-state index in [0.29, 0.717) is 22.1 Å². The maximum Gasteiger partial charge on any atom is 0.329 e. The Kier molecular flexibility index (Phi) is 19.5. The van der Waals surface area contributed by atoms with Crippen molar-refractivity contribution in [2.24, 2.45) is 11.8 Å². The van der Waals surface area contributed by atoms with Crippen LogP contribution in [0.15, 0.2) is 60.9 Å². The number of benzene rings is 2. The molecule has 0 saturated carbocycles. The van der Waals surface area contributed by atoms with Crippen molar-refractivity contribution < 1.29 is 57.4 Å². The van der Waals surface area contributed by atoms with E-state index in [-0.39, 0.29) is 17.1 Å². The van der Waals surface area contributed by atoms with Gasteiger partial charge in [0.1, 0.15) is 72.9 Å². The van der Waals surface area contributed by atoms with Crippen molar-refractivity contribution in [3.8, 4) is 0 Å². The van der Waals surface area contributed by atoms with E-state index in [1.54, 1.807) is 82.5 Å². The number of ether oxygens (including phenoxy) is 2. The number of carbonyl (C=O) groups is 10. The van der Waals surface area contributed by atoms with Gasteiger partial charge in [-0.15, -0.1) is 23.5 Å². The summed E-state index contributed by atoms with van der Waals surface area (Å²) in [5, 5.41) is 10.2. The van der Waals surface area contributed by atoms with Crippen LogP contribution in [0.2, 0.25) is 0 Å². The molecule has 2 aromatic heterocycles. The fraction of sp³-hybridized carbons (Fsp3) is 0.490. The van der Waals surface area contributed by atoms with Gasteiger partial charge in [0.2, 0.25) is 35.4 Å². The molecule has 9 atom stereocenters. The molecule has 4 heterocycles. The van der Waals surface area contributed by atoms with Gasteiger partial charge >= 0.3 is 11.9 Å². The first-order valence-electron chi connectivity index (χ1n) is 24.7. The maximum absolute atomic E-state index is 15.2. The van der Waals surface area contributed by atoms with Gasteiger partial charge < -0.3 is 50.3 Å². The van der Waals surface area contributed by atoms with Crippen molar-refractivity contribution >= 4 is 105 Å². The van der Waals surface area contributed by atoms with Crippen molar-refractivity contribution in [2.45, 2.75) is 94.5 Å². The second-order valence-electron chi connectivity index (χ2n) is 19.3. The topological polar surface area (TPSA) is 302 Å². The molecule has 4 aromatic rings. The Morgan fingerprint density at radius 3 is 1.43 bits per heavy atom. The lowest BCUT2D eigenvalue weighted by Crippen LogP contribution is -2.60. The number of amides is 8. The molecular formula is C51H64N12O12S2. The van der Waals surface area contributed by atoms with Crippen LogP contribution in [-0.4, -0.2) is 205 Å². The first-order chi connectivity index (χ1) is 36.4. The first kappa shape index (κ1) is 58.8. The van der Waals surface area contributed by atoms with Crippen LogP contribution < -0.4 is 21.3 Å². The highest BCUT2D eigenvalue weighted by Gasteiger charge is 2.45. The smallest absolute Gasteiger partial charge is 0.329 e. The van der Waals surface area contributed by atoms with Crippen LogP contribution in [0.1, 0.15) is 62.5 Å². The van der Waals surface area contributed by atoms with Crippen molar-refractivity contribution in [3.63, 3.8) is 0 Å². The fourth-order valence-corrected chi connectivity index (χ4v) is 11.4. The Morgan fingerprint density at radius 1 is 0.610 bits per heavy atom. The van der Waals surface area contributed by atoms with Crippen molar-refractivity contribution in [2.75, 3.05) is 53.4 Å². The van der Waals surface area contributed by atoms with Gasteiger partial charge in [-0.1, -0.05) is 52.0 Å². The maximum atomic E-state index is 15.2. The van der Waals surface area contributed by atoms with Gasteiger partial charge in [-0.2, -0.15) is 0 Å². The molecular weight excluding hydrogens is 1040 g/mol. The van der Waals surface area contributed by atoms with Gasteiger partial charge in [-0.25, -0.2) is 19.6 Å². The number of esters is 2. The van der Waals surface area contributed by atoms with Crippen LogP contribution in [0.4, 0.5) is 0 Å². The molecule has 0 spiro atoms. The van der Waals surface area contributed by atoms with Crippen molar-refractivity contribution in [3.05, 3.63) is 72.3 Å². The third-order valence-electron chi connectivity index (χ3n) is 13.2. The molecule has 6 rings (SSSR count). The Labute approximate surface area is 453 Å². The zero-order valence-corrected chi connectivity index (χ0v) is 46.2. The van der Waals surface area contributed by atoms with E-state index in [1.807, 2.05) is 0 Å². The zero-order valence-electron chi connectivity index (χ0n) is 44.5. The van der Waals surface area contributed by atoms with Crippen LogP contribution in [0.3, 0.4) is 0 Å². The molecule has 4 N–H and O–H groups in total. The third kappa shape index (κ3) is 13.6. The van der Waals surface area contributed by atoms with Gasteiger partial charge in [-0.05, 0) is 56.2 Å². The minimum absolute atomic E-state index is 0.182. The van der Waals surface area contributed by atoms with E-state index in [9.17, 15) is 38.4 Å². The monoisotopic (exact) mass is 1100 g/mol. The van der Waals surface area contributed by atoms with Crippen LogP contribution in [0, 0.1) is 11.8 Å². The summed E-state index contributed by atoms with van der Waals surface area (Å²) in [7, 11) is 5.32. The second-order valence-corrected chi connectivity index (χ2v) is 21.8. The number of para-hydroxylation sites is 4. The number of hydrogen-bond acceptors (Lipinski definition) is 18. The average molecular weight is 1100 g/mol. The summed E-state index contributed by atoms with van der Waals surface area (Å²) in [6.45, 7) is 7.69. The largest absolute Gasteiger partial charge is 0.461 e. The predicted molar refractivity (Wildman–Crippen MR) is 284 cm³/mol. The molecule has 24 nitrogen and oxygen atoms in total. The van der Waals surface area contributed by atoms with Crippen LogP contribution in [0.25, 0.3) is 22.1 Å². The van der Waals surface area contributed by atoms with Gasteiger partial charge in [0.05, 0.1) is 39.0 Å². The zero-order chi connectivity index (χ0) is 56.6. The molecule has 2 bridgehead atoms. The van der Waals surface area contributed by atoms with E-state index >= 15 is 9.59 Å². The fourth-order valence-electron chi connectivity index (χ4n) is 8.88. The number of carbonyl (C=O) groups excluding carboxylic acids is 10. The lowest BCUT2D eigenvalue weighted by atomic mass is 10.0. The van der Waals surface area contributed by atoms with Crippen LogP contribution >= 0.6 is 23.5 Å². The quantitative estimate of drug-likeness (QED) is 0.185. The molecule has 26 heteroatoms. The van der Waals surface area contributed by atoms with Gasteiger partial charge in [0, 0.05) is 33.9 Å². The number of likely N-dealkylation sites (N-methyl/N-ethyl adjacent to an activating group) is 4. The van der Waals surface area contributed by atoms with Crippen molar-refractivity contribution in [1.29, 1.82) is 0 Å². The molecule has 2 aromatic carbocycles. The standard InChI is InChI=1S/C51H64N12O12S2/c1-25(2)38-49(72)74-22-36(59-42(65)34-21-53-30-17-13-15-19-32(30)57-34)44(67)55-28(6)46(69)63(10)40-48(71)62(9)39(26(3)4)50(73)75-23-35(58-41(64)33-20-52-29-16-12-14-18-31(29)56-33)43(66)54-27(5)45(68)60(7)37(47(70)61(38)8)24-77-51(40)76-11/h12-21,25-28,35-40,51H,22-24H2,1-11H3,(H,54,66)(H,55,67)(H,58,64)(H,59,65)/t27-,28-,35+,36+,37-,38-,39-,40-,51+/m1/s1. The Balaban J connectivity index is 1.43. The van der Waals surface area contributed by atoms with Gasteiger partial charge in [0.25, 0.3) is 11.8 Å². The summed E-state index contributed by atoms with van der Waals surface area (Å²) in [4.78, 5) is 166. The highest BCUT2D eigenvalue weighted by molar-refractivity contribution is 8.16. The number of nitrogens with one attached hydrogen (secondary N) is 4. The van der Waals surface area contributed by atoms with E-state index in [4.69, 9.17) is 9.47 Å². The average Bonchev–Trinajstić information content (AvgIpc) is 3.40. The molecule has 2 saturated heterocycles. The number of aromatic nitrogens is 4. The number of nitrogens with zero attached hydrogens (tertiary/aromatic N) is 8. The SMILES string of the molecule is CS[C@H]1SC[C@@H]2C(=O)N(C)[C@H](C(C)C)C(=O)OC[C@H](NC(=O)c3cnc4ccccc4n3)C(=O)N[C@H](C)C(=O)N(C)[C@@H]1C(=O)N(C)[C@H](C(C)C)C(=O)OC[C@H](NC(=O)c1cnc3ccccc3n1)C(=O)N[C@H](C)C(=O)N2C. The molecule has 0 unspecified atom stereocenters. The Hall–Kier alpha value is -7.48. The molecule has 412 valence electrons. The number of rotatable bonds is 7. The molecule has 2 aliphatic rings. The second kappa shape index (κ2) is 25.6. The summed E-state index contributed by atoms with van der Waals surface area (Å²) in [6.07, 6.45) is 4.06. The predicted octanol–water partition coefficient (Wildman–Crippen LogP) is 0.635. The number of fused-ring (bicyclic) bond motifs is 6. The molecule has 77 heavy (non-hydrogen) atoms. The lowest BCUT2D eigenvalue weighted by Gasteiger charge is -2.40. The highest BCUT2D eigenvalue weighted by Crippen LogP contribution is 2.32. The molecule has 2 aliphatic heterocycles. The molecule has 0 aliphatic carbocycles. The normalized spacial score (nSPS) is 25.4. The summed E-state index contributed by atoms with van der Waals surface area (Å²) >= 11 is 2.16. The number of cyclic esters (lactones) is 2. The van der Waals surface area contributed by atoms with Gasteiger partial charge in [-0.3, -0.25) is 48.3 Å². The molecule has 8 amide bonds.